The SMILES string of the molecule is C=CCN(Cc1ccccc1)C(=O)C1N(CCO)C(=O)[C@@H]2[C@@H](C(=O)O)[C@]3(C)OC12CC3C. The van der Waals surface area contributed by atoms with Crippen LogP contribution < -0.4 is 0 Å². The zero-order chi connectivity index (χ0) is 23.3. The first-order valence-electron chi connectivity index (χ1n) is 11.0. The molecule has 3 aliphatic heterocycles. The minimum atomic E-state index is -1.23. The normalized spacial score (nSPS) is 35.1. The van der Waals surface area contributed by atoms with E-state index in [1.54, 1.807) is 17.9 Å². The predicted molar refractivity (Wildman–Crippen MR) is 115 cm³/mol. The smallest absolute Gasteiger partial charge is 0.310 e. The van der Waals surface area contributed by atoms with Crippen LogP contribution in [0.3, 0.4) is 0 Å². The third-order valence-corrected chi connectivity index (χ3v) is 7.53. The summed E-state index contributed by atoms with van der Waals surface area (Å²) in [4.78, 5) is 42.6. The number of carbonyl (C=O) groups is 3. The Hall–Kier alpha value is -2.71. The number of likely N-dealkylation sites (tertiary alicyclic amines) is 1. The summed E-state index contributed by atoms with van der Waals surface area (Å²) in [6.45, 7) is 7.61. The number of amides is 2. The minimum absolute atomic E-state index is 0.0540. The molecule has 1 aromatic carbocycles. The van der Waals surface area contributed by atoms with Gasteiger partial charge >= 0.3 is 5.97 Å². The Labute approximate surface area is 187 Å². The van der Waals surface area contributed by atoms with Gasteiger partial charge in [-0.2, -0.15) is 0 Å². The Kier molecular flexibility index (Phi) is 5.63. The van der Waals surface area contributed by atoms with Gasteiger partial charge in [-0.3, -0.25) is 14.4 Å². The van der Waals surface area contributed by atoms with Crippen LogP contribution in [0.25, 0.3) is 0 Å². The lowest BCUT2D eigenvalue weighted by Gasteiger charge is -2.37. The Morgan fingerprint density at radius 3 is 2.62 bits per heavy atom. The standard InChI is InChI=1S/C24H30N2O6/c1-4-10-25(14-16-8-6-5-7-9-16)21(29)19-24-13-15(2)23(3,32-24)18(22(30)31)17(24)20(28)26(19)11-12-27/h4-9,15,17-19,27H,1,10-14H2,2-3H3,(H,30,31)/t15?,17-,18-,19?,23+,24?/m0/s1. The molecule has 1 spiro atoms. The highest BCUT2D eigenvalue weighted by atomic mass is 16.5. The van der Waals surface area contributed by atoms with Crippen LogP contribution in [0.4, 0.5) is 0 Å². The summed E-state index contributed by atoms with van der Waals surface area (Å²) in [5, 5.41) is 19.6. The highest BCUT2D eigenvalue weighted by Gasteiger charge is 2.80. The molecular weight excluding hydrogens is 412 g/mol. The third-order valence-electron chi connectivity index (χ3n) is 7.53. The van der Waals surface area contributed by atoms with E-state index in [0.29, 0.717) is 13.0 Å². The molecule has 8 nitrogen and oxygen atoms in total. The number of aliphatic hydroxyl groups is 1. The average molecular weight is 443 g/mol. The highest BCUT2D eigenvalue weighted by Crippen LogP contribution is 2.65. The van der Waals surface area contributed by atoms with Crippen LogP contribution >= 0.6 is 0 Å². The molecule has 4 rings (SSSR count). The van der Waals surface area contributed by atoms with E-state index in [-0.39, 0.29) is 31.5 Å². The van der Waals surface area contributed by atoms with Gasteiger partial charge in [0.25, 0.3) is 0 Å². The monoisotopic (exact) mass is 442 g/mol. The fourth-order valence-electron chi connectivity index (χ4n) is 6.11. The minimum Gasteiger partial charge on any atom is -0.481 e. The van der Waals surface area contributed by atoms with Gasteiger partial charge in [0.05, 0.1) is 18.1 Å². The number of carbonyl (C=O) groups excluding carboxylic acids is 2. The van der Waals surface area contributed by atoms with Gasteiger partial charge in [-0.05, 0) is 24.8 Å². The van der Waals surface area contributed by atoms with E-state index in [2.05, 4.69) is 6.58 Å². The van der Waals surface area contributed by atoms with Crippen molar-refractivity contribution in [1.29, 1.82) is 0 Å². The number of rotatable bonds is 8. The molecule has 3 aliphatic rings. The second-order valence-electron chi connectivity index (χ2n) is 9.29. The van der Waals surface area contributed by atoms with Crippen LogP contribution in [0.5, 0.6) is 0 Å². The lowest BCUT2D eigenvalue weighted by Crippen LogP contribution is -2.56. The number of hydrogen-bond acceptors (Lipinski definition) is 5. The molecule has 2 N–H and O–H groups in total. The van der Waals surface area contributed by atoms with Crippen molar-refractivity contribution in [2.24, 2.45) is 17.8 Å². The maximum Gasteiger partial charge on any atom is 0.310 e. The fraction of sp³-hybridized carbons (Fsp3) is 0.542. The van der Waals surface area contributed by atoms with E-state index in [0.717, 1.165) is 5.56 Å². The van der Waals surface area contributed by atoms with Crippen molar-refractivity contribution in [3.63, 3.8) is 0 Å². The van der Waals surface area contributed by atoms with E-state index >= 15 is 0 Å². The Balaban J connectivity index is 1.76. The first-order chi connectivity index (χ1) is 15.2. The summed E-state index contributed by atoms with van der Waals surface area (Å²) < 4.78 is 6.42. The van der Waals surface area contributed by atoms with E-state index in [1.165, 1.54) is 4.90 Å². The van der Waals surface area contributed by atoms with Gasteiger partial charge in [0.15, 0.2) is 0 Å². The molecule has 2 amide bonds. The van der Waals surface area contributed by atoms with Gasteiger partial charge in [-0.1, -0.05) is 43.3 Å². The van der Waals surface area contributed by atoms with E-state index in [4.69, 9.17) is 4.74 Å². The second kappa shape index (κ2) is 8.01. The fourth-order valence-corrected chi connectivity index (χ4v) is 6.11. The summed E-state index contributed by atoms with van der Waals surface area (Å²) in [5.74, 6) is -3.98. The summed E-state index contributed by atoms with van der Waals surface area (Å²) in [7, 11) is 0. The second-order valence-corrected chi connectivity index (χ2v) is 9.29. The van der Waals surface area contributed by atoms with Crippen LogP contribution in [-0.2, 0) is 25.7 Å². The summed E-state index contributed by atoms with van der Waals surface area (Å²) >= 11 is 0. The van der Waals surface area contributed by atoms with Gasteiger partial charge in [-0.25, -0.2) is 0 Å². The molecule has 8 heteroatoms. The van der Waals surface area contributed by atoms with Gasteiger partial charge in [0.2, 0.25) is 11.8 Å². The Morgan fingerprint density at radius 1 is 1.34 bits per heavy atom. The van der Waals surface area contributed by atoms with Crippen LogP contribution in [0, 0.1) is 17.8 Å². The van der Waals surface area contributed by atoms with Gasteiger partial charge < -0.3 is 24.7 Å². The molecule has 0 saturated carbocycles. The van der Waals surface area contributed by atoms with Gasteiger partial charge in [-0.15, -0.1) is 6.58 Å². The first-order valence-corrected chi connectivity index (χ1v) is 11.0. The molecule has 2 bridgehead atoms. The van der Waals surface area contributed by atoms with E-state index in [1.807, 2.05) is 37.3 Å². The Bertz CT molecular complexity index is 936. The quantitative estimate of drug-likeness (QED) is 0.588. The number of ether oxygens (including phenoxy) is 1. The zero-order valence-corrected chi connectivity index (χ0v) is 18.4. The number of fused-ring (bicyclic) bond motifs is 1. The molecule has 0 aromatic heterocycles. The van der Waals surface area contributed by atoms with Crippen LogP contribution in [0.2, 0.25) is 0 Å². The molecule has 3 fully saturated rings. The van der Waals surface area contributed by atoms with Crippen molar-refractivity contribution in [2.75, 3.05) is 19.7 Å². The van der Waals surface area contributed by atoms with Gasteiger partial charge in [0, 0.05) is 19.6 Å². The van der Waals surface area contributed by atoms with Gasteiger partial charge in [0.1, 0.15) is 17.6 Å². The molecule has 0 aliphatic carbocycles. The molecule has 172 valence electrons. The predicted octanol–water partition coefficient (Wildman–Crippen LogP) is 1.29. The third kappa shape index (κ3) is 3.08. The lowest BCUT2D eigenvalue weighted by atomic mass is 9.62. The van der Waals surface area contributed by atoms with E-state index in [9.17, 15) is 24.6 Å². The highest BCUT2D eigenvalue weighted by molar-refractivity contribution is 5.98. The number of aliphatic hydroxyl groups excluding tert-OH is 1. The molecule has 3 saturated heterocycles. The molecular formula is C24H30N2O6. The van der Waals surface area contributed by atoms with Crippen LogP contribution in [-0.4, -0.2) is 74.7 Å². The molecule has 0 radical (unpaired) electrons. The number of carboxylic acid groups (broad SMARTS) is 1. The number of β-amino-alcohol motifs (C(OH)–C–C–N with tert-alkyl or cyclic N) is 1. The summed E-state index contributed by atoms with van der Waals surface area (Å²) in [6.07, 6.45) is 2.04. The Morgan fingerprint density at radius 2 is 2.03 bits per heavy atom. The zero-order valence-electron chi connectivity index (χ0n) is 18.4. The summed E-state index contributed by atoms with van der Waals surface area (Å²) in [6, 6.07) is 8.50. The molecule has 6 atom stereocenters. The largest absolute Gasteiger partial charge is 0.481 e. The summed E-state index contributed by atoms with van der Waals surface area (Å²) in [5.41, 5.74) is -1.33. The van der Waals surface area contributed by atoms with Crippen molar-refractivity contribution in [3.05, 3.63) is 48.6 Å². The maximum atomic E-state index is 14.0. The van der Waals surface area contributed by atoms with Crippen molar-refractivity contribution < 1.29 is 29.3 Å². The number of carboxylic acids is 1. The van der Waals surface area contributed by atoms with Crippen molar-refractivity contribution >= 4 is 17.8 Å². The maximum absolute atomic E-state index is 14.0. The van der Waals surface area contributed by atoms with Crippen molar-refractivity contribution in [1.82, 2.24) is 9.80 Å². The molecule has 3 heterocycles. The molecule has 3 unspecified atom stereocenters. The number of aliphatic carboxylic acids is 1. The lowest BCUT2D eigenvalue weighted by molar-refractivity contribution is -0.158. The van der Waals surface area contributed by atoms with Crippen LogP contribution in [0.1, 0.15) is 25.8 Å². The topological polar surface area (TPSA) is 107 Å². The van der Waals surface area contributed by atoms with E-state index < -0.39 is 41.0 Å². The first kappa shape index (κ1) is 22.5. The number of hydrogen-bond donors (Lipinski definition) is 2. The molecule has 32 heavy (non-hydrogen) atoms. The van der Waals surface area contributed by atoms with Crippen LogP contribution in [0.15, 0.2) is 43.0 Å². The average Bonchev–Trinajstić information content (AvgIpc) is 3.26. The number of nitrogens with zero attached hydrogens (tertiary/aromatic N) is 2. The van der Waals surface area contributed by atoms with Crippen molar-refractivity contribution in [3.8, 4) is 0 Å². The number of benzene rings is 1. The molecule has 1 aromatic rings. The van der Waals surface area contributed by atoms with Crippen molar-refractivity contribution in [2.45, 2.75) is 44.1 Å².